The average molecular weight is 459 g/mol. The Morgan fingerprint density at radius 3 is 2.62 bits per heavy atom. The van der Waals surface area contributed by atoms with Gasteiger partial charge in [-0.3, -0.25) is 0 Å². The van der Waals surface area contributed by atoms with Crippen LogP contribution in [0.5, 0.6) is 5.88 Å². The van der Waals surface area contributed by atoms with Gasteiger partial charge in [-0.15, -0.1) is 0 Å². The molecule has 0 bridgehead atoms. The van der Waals surface area contributed by atoms with Gasteiger partial charge in [-0.1, -0.05) is 35.5 Å². The van der Waals surface area contributed by atoms with Crippen LogP contribution in [0.1, 0.15) is 36.9 Å². The minimum Gasteiger partial charge on any atom is -0.474 e. The van der Waals surface area contributed by atoms with Gasteiger partial charge in [-0.2, -0.15) is 0 Å². The van der Waals surface area contributed by atoms with E-state index in [-0.39, 0.29) is 6.10 Å². The van der Waals surface area contributed by atoms with Gasteiger partial charge >= 0.3 is 0 Å². The Balaban J connectivity index is 1.51. The van der Waals surface area contributed by atoms with Gasteiger partial charge in [-0.25, -0.2) is 9.98 Å². The summed E-state index contributed by atoms with van der Waals surface area (Å²) in [5, 5.41) is 4.31. The summed E-state index contributed by atoms with van der Waals surface area (Å²) in [4.78, 5) is 16.4. The first-order valence-electron chi connectivity index (χ1n) is 9.77. The summed E-state index contributed by atoms with van der Waals surface area (Å²) < 4.78 is 6.97. The fourth-order valence-corrected chi connectivity index (χ4v) is 3.40. The molecule has 1 aromatic carbocycles. The van der Waals surface area contributed by atoms with Crippen molar-refractivity contribution in [2.24, 2.45) is 10.1 Å². The van der Waals surface area contributed by atoms with Gasteiger partial charge in [-0.05, 0) is 60.2 Å². The van der Waals surface area contributed by atoms with Crippen LogP contribution in [-0.4, -0.2) is 42.1 Å². The first-order chi connectivity index (χ1) is 14.0. The van der Waals surface area contributed by atoms with Crippen molar-refractivity contribution in [1.82, 2.24) is 9.88 Å². The van der Waals surface area contributed by atoms with Crippen LogP contribution in [0.25, 0.3) is 0 Å². The van der Waals surface area contributed by atoms with Crippen molar-refractivity contribution in [3.63, 3.8) is 0 Å². The molecule has 1 aliphatic rings. The van der Waals surface area contributed by atoms with Gasteiger partial charge in [0, 0.05) is 14.1 Å². The molecule has 0 aliphatic heterocycles. The van der Waals surface area contributed by atoms with E-state index in [4.69, 9.17) is 9.57 Å². The van der Waals surface area contributed by atoms with E-state index >= 15 is 0 Å². The first kappa shape index (κ1) is 21.3. The van der Waals surface area contributed by atoms with E-state index in [1.165, 1.54) is 0 Å². The number of pyridine rings is 1. The number of ether oxygens (including phenoxy) is 1. The number of aliphatic imine (C=N–C) groups is 1. The molecule has 1 heterocycles. The molecular weight excluding hydrogens is 432 g/mol. The molecule has 7 heteroatoms. The Morgan fingerprint density at radius 1 is 1.21 bits per heavy atom. The van der Waals surface area contributed by atoms with E-state index in [9.17, 15) is 0 Å². The fourth-order valence-electron chi connectivity index (χ4n) is 3.00. The lowest BCUT2D eigenvalue weighted by Crippen LogP contribution is -2.25. The Bertz CT molecular complexity index is 859. The standard InChI is InChI=1S/C22H27BrN4O2/c1-16-21(24-15-27(2)3)13-20(23)22(25-16)29-19-11-9-18(10-12-19)26-28-14-17-7-5-4-6-8-17/h4-8,13,15,19H,9-12,14H2,1-3H3. The smallest absolute Gasteiger partial charge is 0.228 e. The number of hydrogen-bond acceptors (Lipinski definition) is 5. The molecule has 0 radical (unpaired) electrons. The minimum absolute atomic E-state index is 0.127. The van der Waals surface area contributed by atoms with Crippen molar-refractivity contribution in [3.05, 3.63) is 52.1 Å². The number of nitrogens with zero attached hydrogens (tertiary/aromatic N) is 4. The summed E-state index contributed by atoms with van der Waals surface area (Å²) in [6, 6.07) is 12.0. The molecule has 1 aromatic heterocycles. The summed E-state index contributed by atoms with van der Waals surface area (Å²) in [7, 11) is 3.87. The van der Waals surface area contributed by atoms with Crippen molar-refractivity contribution in [2.45, 2.75) is 45.3 Å². The van der Waals surface area contributed by atoms with Crippen LogP contribution < -0.4 is 4.74 Å². The summed E-state index contributed by atoms with van der Waals surface area (Å²) in [6.45, 7) is 2.44. The Kier molecular flexibility index (Phi) is 7.63. The molecule has 3 rings (SSSR count). The maximum atomic E-state index is 6.15. The number of aryl methyl sites for hydroxylation is 1. The number of aromatic nitrogens is 1. The molecule has 1 aliphatic carbocycles. The molecule has 0 saturated heterocycles. The maximum absolute atomic E-state index is 6.15. The van der Waals surface area contributed by atoms with Crippen LogP contribution >= 0.6 is 15.9 Å². The van der Waals surface area contributed by atoms with Crippen LogP contribution in [0, 0.1) is 6.92 Å². The first-order valence-corrected chi connectivity index (χ1v) is 10.6. The monoisotopic (exact) mass is 458 g/mol. The third kappa shape index (κ3) is 6.56. The second kappa shape index (κ2) is 10.4. The SMILES string of the molecule is Cc1nc(OC2CCC(=NOCc3ccccc3)CC2)c(Br)cc1N=CN(C)C. The largest absolute Gasteiger partial charge is 0.474 e. The molecule has 0 N–H and O–H groups in total. The summed E-state index contributed by atoms with van der Waals surface area (Å²) in [6.07, 6.45) is 5.45. The zero-order chi connectivity index (χ0) is 20.6. The van der Waals surface area contributed by atoms with E-state index in [2.05, 4.69) is 31.1 Å². The van der Waals surface area contributed by atoms with Crippen molar-refractivity contribution >= 4 is 33.7 Å². The zero-order valence-electron chi connectivity index (χ0n) is 17.1. The second-order valence-electron chi connectivity index (χ2n) is 7.32. The van der Waals surface area contributed by atoms with Crippen molar-refractivity contribution in [2.75, 3.05) is 14.1 Å². The average Bonchev–Trinajstić information content (AvgIpc) is 2.71. The maximum Gasteiger partial charge on any atom is 0.228 e. The van der Waals surface area contributed by atoms with Gasteiger partial charge in [0.1, 0.15) is 12.7 Å². The van der Waals surface area contributed by atoms with Crippen molar-refractivity contribution < 1.29 is 9.57 Å². The van der Waals surface area contributed by atoms with Crippen LogP contribution in [-0.2, 0) is 11.4 Å². The Hall–Kier alpha value is -2.41. The highest BCUT2D eigenvalue weighted by Crippen LogP contribution is 2.32. The van der Waals surface area contributed by atoms with E-state index in [1.807, 2.05) is 62.3 Å². The number of oxime groups is 1. The Labute approximate surface area is 180 Å². The highest BCUT2D eigenvalue weighted by Gasteiger charge is 2.21. The van der Waals surface area contributed by atoms with Gasteiger partial charge in [0.2, 0.25) is 5.88 Å². The van der Waals surface area contributed by atoms with Crippen LogP contribution in [0.15, 0.2) is 51.0 Å². The van der Waals surface area contributed by atoms with Gasteiger partial charge in [0.05, 0.1) is 27.9 Å². The van der Waals surface area contributed by atoms with Crippen LogP contribution in [0.4, 0.5) is 5.69 Å². The molecular formula is C22H27BrN4O2. The predicted molar refractivity (Wildman–Crippen MR) is 120 cm³/mol. The third-order valence-electron chi connectivity index (χ3n) is 4.59. The number of benzene rings is 1. The van der Waals surface area contributed by atoms with Gasteiger partial charge in [0.15, 0.2) is 0 Å². The van der Waals surface area contributed by atoms with E-state index in [0.717, 1.165) is 52.8 Å². The molecule has 1 fully saturated rings. The lowest BCUT2D eigenvalue weighted by Gasteiger charge is -2.24. The minimum atomic E-state index is 0.127. The van der Waals surface area contributed by atoms with Gasteiger partial charge in [0.25, 0.3) is 0 Å². The molecule has 0 amide bonds. The number of hydrogen-bond donors (Lipinski definition) is 0. The molecule has 1 saturated carbocycles. The second-order valence-corrected chi connectivity index (χ2v) is 8.18. The molecule has 0 spiro atoms. The summed E-state index contributed by atoms with van der Waals surface area (Å²) in [5.41, 5.74) is 3.89. The summed E-state index contributed by atoms with van der Waals surface area (Å²) >= 11 is 3.56. The molecule has 0 unspecified atom stereocenters. The topological polar surface area (TPSA) is 59.3 Å². The Morgan fingerprint density at radius 2 is 1.93 bits per heavy atom. The molecule has 0 atom stereocenters. The quantitative estimate of drug-likeness (QED) is 0.322. The third-order valence-corrected chi connectivity index (χ3v) is 5.16. The zero-order valence-corrected chi connectivity index (χ0v) is 18.7. The molecule has 2 aromatic rings. The highest BCUT2D eigenvalue weighted by molar-refractivity contribution is 9.10. The normalized spacial score (nSPS) is 16.7. The number of rotatable bonds is 7. The van der Waals surface area contributed by atoms with Gasteiger partial charge < -0.3 is 14.5 Å². The van der Waals surface area contributed by atoms with Crippen LogP contribution in [0.2, 0.25) is 0 Å². The van der Waals surface area contributed by atoms with Crippen molar-refractivity contribution in [3.8, 4) is 5.88 Å². The fraction of sp³-hybridized carbons (Fsp3) is 0.409. The predicted octanol–water partition coefficient (Wildman–Crippen LogP) is 5.27. The van der Waals surface area contributed by atoms with E-state index in [1.54, 1.807) is 6.34 Å². The highest BCUT2D eigenvalue weighted by atomic mass is 79.9. The van der Waals surface area contributed by atoms with E-state index in [0.29, 0.717) is 12.5 Å². The number of halogens is 1. The van der Waals surface area contributed by atoms with E-state index < -0.39 is 0 Å². The lowest BCUT2D eigenvalue weighted by molar-refractivity contribution is 0.124. The molecule has 6 nitrogen and oxygen atoms in total. The summed E-state index contributed by atoms with van der Waals surface area (Å²) in [5.74, 6) is 0.622. The molecule has 154 valence electrons. The molecule has 29 heavy (non-hydrogen) atoms. The van der Waals surface area contributed by atoms with Crippen molar-refractivity contribution in [1.29, 1.82) is 0 Å². The lowest BCUT2D eigenvalue weighted by atomic mass is 9.96. The van der Waals surface area contributed by atoms with Crippen LogP contribution in [0.3, 0.4) is 0 Å².